The zero-order chi connectivity index (χ0) is 19.7. The predicted octanol–water partition coefficient (Wildman–Crippen LogP) is 5.14. The number of aromatic amines is 1. The molecule has 1 aromatic carbocycles. The van der Waals surface area contributed by atoms with E-state index in [2.05, 4.69) is 46.5 Å². The van der Waals surface area contributed by atoms with Crippen molar-refractivity contribution < 1.29 is 14.6 Å². The summed E-state index contributed by atoms with van der Waals surface area (Å²) in [5.41, 5.74) is 3.07. The van der Waals surface area contributed by atoms with Crippen LogP contribution < -0.4 is 4.74 Å². The topological polar surface area (TPSA) is 62.3 Å². The van der Waals surface area contributed by atoms with Crippen LogP contribution in [-0.4, -0.2) is 23.0 Å². The van der Waals surface area contributed by atoms with Crippen LogP contribution in [-0.2, 0) is 17.3 Å². The number of aromatic nitrogens is 1. The lowest BCUT2D eigenvalue weighted by Gasteiger charge is -2.28. The van der Waals surface area contributed by atoms with Gasteiger partial charge in [0.15, 0.2) is 5.78 Å². The van der Waals surface area contributed by atoms with Crippen LogP contribution in [0, 0.1) is 0 Å². The number of Topliss-reactive ketones (excluding diaryl/α,β-unsaturated/α-hetero) is 1. The molecular weight excluding hydrogens is 326 g/mol. The van der Waals surface area contributed by atoms with Crippen molar-refractivity contribution in [2.75, 3.05) is 7.11 Å². The molecule has 0 aliphatic carbocycles. The monoisotopic (exact) mass is 357 g/mol. The second-order valence-corrected chi connectivity index (χ2v) is 8.88. The quantitative estimate of drug-likeness (QED) is 0.728. The first-order valence-corrected chi connectivity index (χ1v) is 9.06. The molecule has 0 aliphatic rings. The maximum Gasteiger partial charge on any atom is 0.183 e. The number of hydrogen-bond acceptors (Lipinski definition) is 3. The van der Waals surface area contributed by atoms with Crippen LogP contribution in [0.3, 0.4) is 0 Å². The van der Waals surface area contributed by atoms with Gasteiger partial charge in [0.1, 0.15) is 17.2 Å². The molecule has 0 fully saturated rings. The average molecular weight is 357 g/mol. The van der Waals surface area contributed by atoms with Crippen molar-refractivity contribution in [2.45, 2.75) is 65.2 Å². The Morgan fingerprint density at radius 1 is 1.08 bits per heavy atom. The van der Waals surface area contributed by atoms with Gasteiger partial charge in [0.05, 0.1) is 7.11 Å². The molecule has 1 aromatic heterocycles. The number of H-pyrrole nitrogens is 1. The largest absolute Gasteiger partial charge is 0.507 e. The Bertz CT molecular complexity index is 753. The van der Waals surface area contributed by atoms with E-state index in [4.69, 9.17) is 4.74 Å². The molecule has 2 rings (SSSR count). The Morgan fingerprint density at radius 3 is 2.08 bits per heavy atom. The third-order valence-electron chi connectivity index (χ3n) is 4.63. The smallest absolute Gasteiger partial charge is 0.183 e. The predicted molar refractivity (Wildman–Crippen MR) is 106 cm³/mol. The molecule has 26 heavy (non-hydrogen) atoms. The number of methoxy groups -OCH3 is 1. The van der Waals surface area contributed by atoms with Gasteiger partial charge in [0, 0.05) is 12.6 Å². The molecule has 0 aliphatic heterocycles. The van der Waals surface area contributed by atoms with E-state index in [1.54, 1.807) is 19.4 Å². The number of rotatable bonds is 5. The lowest BCUT2D eigenvalue weighted by molar-refractivity contribution is 0.0975. The fourth-order valence-corrected chi connectivity index (χ4v) is 3.11. The molecule has 2 aromatic rings. The van der Waals surface area contributed by atoms with E-state index in [0.29, 0.717) is 30.0 Å². The van der Waals surface area contributed by atoms with Gasteiger partial charge in [-0.2, -0.15) is 0 Å². The number of ether oxygens (including phenoxy) is 1. The summed E-state index contributed by atoms with van der Waals surface area (Å²) in [6, 6.07) is 5.82. The molecule has 4 heteroatoms. The first-order valence-electron chi connectivity index (χ1n) is 9.06. The van der Waals surface area contributed by atoms with Gasteiger partial charge in [0.25, 0.3) is 0 Å². The van der Waals surface area contributed by atoms with Crippen molar-refractivity contribution in [1.82, 2.24) is 4.98 Å². The van der Waals surface area contributed by atoms with Crippen molar-refractivity contribution >= 4 is 5.78 Å². The summed E-state index contributed by atoms with van der Waals surface area (Å²) in [5.74, 6) is 0.965. The van der Waals surface area contributed by atoms with Gasteiger partial charge in [-0.1, -0.05) is 53.7 Å². The maximum absolute atomic E-state index is 12.5. The van der Waals surface area contributed by atoms with Crippen molar-refractivity contribution in [3.63, 3.8) is 0 Å². The highest BCUT2D eigenvalue weighted by atomic mass is 16.5. The standard InChI is InChI=1S/C22H31NO3/c1-21(2,3)15-12-14(13-16(20(15)25)22(4,5)6)8-9-17(24)19-18(26-7)10-11-23-19/h10-13,23,25H,8-9H2,1-7H3. The second kappa shape index (κ2) is 7.18. The van der Waals surface area contributed by atoms with Crippen LogP contribution in [0.25, 0.3) is 0 Å². The van der Waals surface area contributed by atoms with E-state index < -0.39 is 0 Å². The first-order chi connectivity index (χ1) is 11.9. The number of carbonyl (C=O) groups excluding carboxylic acids is 1. The van der Waals surface area contributed by atoms with Crippen LogP contribution in [0.15, 0.2) is 24.4 Å². The minimum atomic E-state index is -0.174. The van der Waals surface area contributed by atoms with Crippen LogP contribution in [0.1, 0.15) is 75.1 Å². The highest BCUT2D eigenvalue weighted by Gasteiger charge is 2.26. The summed E-state index contributed by atoms with van der Waals surface area (Å²) >= 11 is 0. The Kier molecular flexibility index (Phi) is 5.55. The number of phenolic OH excluding ortho intramolecular Hbond substituents is 1. The summed E-state index contributed by atoms with van der Waals surface area (Å²) in [4.78, 5) is 15.5. The minimum absolute atomic E-state index is 0.0227. The highest BCUT2D eigenvalue weighted by molar-refractivity contribution is 5.97. The van der Waals surface area contributed by atoms with Gasteiger partial charge >= 0.3 is 0 Å². The Morgan fingerprint density at radius 2 is 1.62 bits per heavy atom. The van der Waals surface area contributed by atoms with Gasteiger partial charge < -0.3 is 14.8 Å². The molecule has 2 N–H and O–H groups in total. The number of aromatic hydroxyl groups is 1. The van der Waals surface area contributed by atoms with E-state index in [1.807, 2.05) is 12.1 Å². The molecule has 0 amide bonds. The molecule has 0 unspecified atom stereocenters. The summed E-state index contributed by atoms with van der Waals surface area (Å²) in [7, 11) is 1.56. The van der Waals surface area contributed by atoms with Crippen LogP contribution in [0.2, 0.25) is 0 Å². The third kappa shape index (κ3) is 4.29. The molecule has 0 spiro atoms. The fraction of sp³-hybridized carbons (Fsp3) is 0.500. The number of nitrogens with one attached hydrogen (secondary N) is 1. The van der Waals surface area contributed by atoms with Crippen LogP contribution >= 0.6 is 0 Å². The number of ketones is 1. The van der Waals surface area contributed by atoms with Crippen molar-refractivity contribution in [3.8, 4) is 11.5 Å². The van der Waals surface area contributed by atoms with Crippen LogP contribution in [0.4, 0.5) is 0 Å². The molecule has 142 valence electrons. The molecule has 0 saturated carbocycles. The average Bonchev–Trinajstić information content (AvgIpc) is 2.99. The van der Waals surface area contributed by atoms with Crippen molar-refractivity contribution in [3.05, 3.63) is 46.8 Å². The Labute approximate surface area is 156 Å². The SMILES string of the molecule is COc1cc[nH]c1C(=O)CCc1cc(C(C)(C)C)c(O)c(C(C)(C)C)c1. The Balaban J connectivity index is 2.33. The van der Waals surface area contributed by atoms with E-state index in [1.165, 1.54) is 0 Å². The van der Waals surface area contributed by atoms with Gasteiger partial charge in [-0.3, -0.25) is 4.79 Å². The first kappa shape index (κ1) is 20.1. The highest BCUT2D eigenvalue weighted by Crippen LogP contribution is 2.40. The third-order valence-corrected chi connectivity index (χ3v) is 4.63. The number of hydrogen-bond donors (Lipinski definition) is 2. The summed E-state index contributed by atoms with van der Waals surface area (Å²) in [5, 5.41) is 10.8. The number of aryl methyl sites for hydroxylation is 1. The molecule has 1 heterocycles. The van der Waals surface area contributed by atoms with Crippen LogP contribution in [0.5, 0.6) is 11.5 Å². The molecule has 0 radical (unpaired) electrons. The molecular formula is C22H31NO3. The lowest BCUT2D eigenvalue weighted by Crippen LogP contribution is -2.18. The van der Waals surface area contributed by atoms with E-state index in [-0.39, 0.29) is 16.6 Å². The number of phenols is 1. The zero-order valence-corrected chi connectivity index (χ0v) is 17.0. The van der Waals surface area contributed by atoms with Gasteiger partial charge in [-0.15, -0.1) is 0 Å². The molecule has 0 atom stereocenters. The summed E-state index contributed by atoms with van der Waals surface area (Å²) in [6.45, 7) is 12.5. The van der Waals surface area contributed by atoms with Crippen molar-refractivity contribution in [1.29, 1.82) is 0 Å². The summed E-state index contributed by atoms with van der Waals surface area (Å²) < 4.78 is 5.22. The van der Waals surface area contributed by atoms with E-state index in [9.17, 15) is 9.90 Å². The molecule has 0 bridgehead atoms. The number of benzene rings is 1. The second-order valence-electron chi connectivity index (χ2n) is 8.88. The lowest BCUT2D eigenvalue weighted by atomic mass is 9.78. The molecule has 0 saturated heterocycles. The van der Waals surface area contributed by atoms with Gasteiger partial charge in [-0.05, 0) is 40.0 Å². The van der Waals surface area contributed by atoms with Gasteiger partial charge in [0.2, 0.25) is 0 Å². The van der Waals surface area contributed by atoms with Gasteiger partial charge in [-0.25, -0.2) is 0 Å². The zero-order valence-electron chi connectivity index (χ0n) is 17.0. The maximum atomic E-state index is 12.5. The van der Waals surface area contributed by atoms with Crippen molar-refractivity contribution in [2.24, 2.45) is 0 Å². The van der Waals surface area contributed by atoms with E-state index >= 15 is 0 Å². The minimum Gasteiger partial charge on any atom is -0.507 e. The fourth-order valence-electron chi connectivity index (χ4n) is 3.11. The normalized spacial score (nSPS) is 12.3. The number of carbonyl (C=O) groups is 1. The Hall–Kier alpha value is -2.23. The molecule has 4 nitrogen and oxygen atoms in total. The summed E-state index contributed by atoms with van der Waals surface area (Å²) in [6.07, 6.45) is 2.71. The van der Waals surface area contributed by atoms with E-state index in [0.717, 1.165) is 16.7 Å².